The van der Waals surface area contributed by atoms with Gasteiger partial charge in [0, 0.05) is 44.2 Å². The average Bonchev–Trinajstić information content (AvgIpc) is 3.16. The number of ether oxygens (including phenoxy) is 2. The maximum absolute atomic E-state index is 12.0. The molecule has 7 nitrogen and oxygen atoms in total. The third-order valence-corrected chi connectivity index (χ3v) is 9.27. The first-order valence-corrected chi connectivity index (χ1v) is 17.5. The van der Waals surface area contributed by atoms with Crippen LogP contribution in [0, 0.1) is 5.92 Å². The highest BCUT2D eigenvalue weighted by Gasteiger charge is 2.39. The second-order valence-corrected chi connectivity index (χ2v) is 13.0. The topological polar surface area (TPSA) is 83.1 Å². The number of amides is 2. The van der Waals surface area contributed by atoms with Gasteiger partial charge in [-0.1, -0.05) is 128 Å². The lowest BCUT2D eigenvalue weighted by molar-refractivity contribution is -0.276. The molecule has 0 bridgehead atoms. The van der Waals surface area contributed by atoms with Gasteiger partial charge in [-0.15, -0.1) is 0 Å². The first kappa shape index (κ1) is 35.1. The lowest BCUT2D eigenvalue weighted by Gasteiger charge is -2.43. The fraction of sp³-hybridized carbons (Fsp3) is 0.279. The Morgan fingerprint density at radius 2 is 1.30 bits per heavy atom. The van der Waals surface area contributed by atoms with E-state index in [-0.39, 0.29) is 30.8 Å². The maximum atomic E-state index is 12.0. The van der Waals surface area contributed by atoms with Crippen molar-refractivity contribution < 1.29 is 19.4 Å². The van der Waals surface area contributed by atoms with Crippen LogP contribution in [0.5, 0.6) is 0 Å². The molecule has 5 aromatic rings. The molecule has 1 heterocycles. The number of nitrogens with one attached hydrogen (secondary N) is 2. The lowest BCUT2D eigenvalue weighted by Crippen LogP contribution is -2.44. The molecular formula is C43H47N3O4. The molecule has 0 radical (unpaired) electrons. The standard InChI is InChI=1S/C43H47N3O4/c1-3-44-43(48)45-26-35-16-10-17-37(24-35)38-18-11-19-39(25-38)42-49-40(31(2)41(50-42)36-22-20-34(30-47)21-23-36)29-46(27-32-12-6-4-7-13-32)28-33-14-8-5-9-15-33/h4-25,31,40-42,47H,3,26-30H2,1-2H3,(H2,44,45,48). The monoisotopic (exact) mass is 669 g/mol. The zero-order valence-corrected chi connectivity index (χ0v) is 28.9. The van der Waals surface area contributed by atoms with Crippen LogP contribution in [0.1, 0.15) is 59.6 Å². The summed E-state index contributed by atoms with van der Waals surface area (Å²) in [5, 5.41) is 15.4. The van der Waals surface area contributed by atoms with Crippen molar-refractivity contribution in [2.75, 3.05) is 13.1 Å². The molecule has 258 valence electrons. The summed E-state index contributed by atoms with van der Waals surface area (Å²) in [7, 11) is 0. The van der Waals surface area contributed by atoms with Gasteiger partial charge in [-0.05, 0) is 58.0 Å². The quantitative estimate of drug-likeness (QED) is 0.118. The largest absolute Gasteiger partial charge is 0.392 e. The van der Waals surface area contributed by atoms with Gasteiger partial charge in [0.25, 0.3) is 0 Å². The molecule has 0 spiro atoms. The van der Waals surface area contributed by atoms with Crippen molar-refractivity contribution in [2.24, 2.45) is 5.92 Å². The van der Waals surface area contributed by atoms with Crippen LogP contribution in [0.25, 0.3) is 11.1 Å². The van der Waals surface area contributed by atoms with E-state index < -0.39 is 6.29 Å². The van der Waals surface area contributed by atoms with Crippen LogP contribution in [0.15, 0.2) is 133 Å². The normalized spacial score (nSPS) is 18.9. The number of aliphatic hydroxyl groups excluding tert-OH is 1. The highest BCUT2D eigenvalue weighted by molar-refractivity contribution is 5.74. The molecule has 4 atom stereocenters. The minimum absolute atomic E-state index is 0.000355. The highest BCUT2D eigenvalue weighted by Crippen LogP contribution is 2.42. The van der Waals surface area contributed by atoms with Crippen molar-refractivity contribution in [2.45, 2.75) is 58.6 Å². The van der Waals surface area contributed by atoms with Crippen LogP contribution in [-0.2, 0) is 35.7 Å². The van der Waals surface area contributed by atoms with Gasteiger partial charge in [0.05, 0.1) is 18.8 Å². The zero-order valence-electron chi connectivity index (χ0n) is 28.9. The molecule has 1 aliphatic rings. The number of aliphatic hydroxyl groups is 1. The fourth-order valence-corrected chi connectivity index (χ4v) is 6.58. The second-order valence-electron chi connectivity index (χ2n) is 13.0. The van der Waals surface area contributed by atoms with Gasteiger partial charge < -0.3 is 25.2 Å². The van der Waals surface area contributed by atoms with E-state index in [0.717, 1.165) is 53.0 Å². The molecular weight excluding hydrogens is 622 g/mol. The molecule has 1 saturated heterocycles. The van der Waals surface area contributed by atoms with Gasteiger partial charge in [0.1, 0.15) is 0 Å². The summed E-state index contributed by atoms with van der Waals surface area (Å²) in [6.45, 7) is 7.44. The molecule has 2 amide bonds. The molecule has 4 unspecified atom stereocenters. The third kappa shape index (κ3) is 9.25. The molecule has 0 aliphatic carbocycles. The second kappa shape index (κ2) is 17.2. The summed E-state index contributed by atoms with van der Waals surface area (Å²) in [5.74, 6) is 0.0533. The zero-order chi connectivity index (χ0) is 34.7. The minimum Gasteiger partial charge on any atom is -0.392 e. The summed E-state index contributed by atoms with van der Waals surface area (Å²) in [4.78, 5) is 14.5. The summed E-state index contributed by atoms with van der Waals surface area (Å²) in [6.07, 6.45) is -0.929. The number of rotatable bonds is 13. The molecule has 6 rings (SSSR count). The van der Waals surface area contributed by atoms with E-state index in [1.165, 1.54) is 11.1 Å². The van der Waals surface area contributed by atoms with Gasteiger partial charge in [0.15, 0.2) is 6.29 Å². The lowest BCUT2D eigenvalue weighted by atomic mass is 9.89. The molecule has 0 saturated carbocycles. The first-order chi connectivity index (χ1) is 24.5. The van der Waals surface area contributed by atoms with Crippen LogP contribution in [0.4, 0.5) is 4.79 Å². The number of hydrogen-bond donors (Lipinski definition) is 3. The molecule has 5 aromatic carbocycles. The van der Waals surface area contributed by atoms with Crippen molar-refractivity contribution in [3.63, 3.8) is 0 Å². The van der Waals surface area contributed by atoms with Crippen molar-refractivity contribution in [3.05, 3.63) is 167 Å². The number of urea groups is 1. The Labute approximate surface area is 295 Å². The van der Waals surface area contributed by atoms with Crippen LogP contribution in [0.3, 0.4) is 0 Å². The van der Waals surface area contributed by atoms with E-state index in [1.807, 2.05) is 37.3 Å². The van der Waals surface area contributed by atoms with Crippen molar-refractivity contribution in [1.29, 1.82) is 0 Å². The Bertz CT molecular complexity index is 1760. The smallest absolute Gasteiger partial charge is 0.315 e. The van der Waals surface area contributed by atoms with E-state index in [0.29, 0.717) is 13.1 Å². The molecule has 0 aromatic heterocycles. The van der Waals surface area contributed by atoms with Gasteiger partial charge in [-0.3, -0.25) is 4.90 Å². The van der Waals surface area contributed by atoms with E-state index in [9.17, 15) is 9.90 Å². The van der Waals surface area contributed by atoms with Crippen LogP contribution in [0.2, 0.25) is 0 Å². The number of nitrogens with zero attached hydrogens (tertiary/aromatic N) is 1. The minimum atomic E-state index is -0.587. The first-order valence-electron chi connectivity index (χ1n) is 17.5. The predicted octanol–water partition coefficient (Wildman–Crippen LogP) is 8.16. The summed E-state index contributed by atoms with van der Waals surface area (Å²) >= 11 is 0. The summed E-state index contributed by atoms with van der Waals surface area (Å²) < 4.78 is 13.8. The Kier molecular flexibility index (Phi) is 12.1. The highest BCUT2D eigenvalue weighted by atomic mass is 16.7. The average molecular weight is 670 g/mol. The Morgan fingerprint density at radius 1 is 0.680 bits per heavy atom. The predicted molar refractivity (Wildman–Crippen MR) is 198 cm³/mol. The Hall–Kier alpha value is -4.79. The van der Waals surface area contributed by atoms with Gasteiger partial charge in [-0.2, -0.15) is 0 Å². The van der Waals surface area contributed by atoms with Gasteiger partial charge >= 0.3 is 6.03 Å². The van der Waals surface area contributed by atoms with E-state index in [4.69, 9.17) is 9.47 Å². The number of carbonyl (C=O) groups excluding carboxylic acids is 1. The Balaban J connectivity index is 1.28. The summed E-state index contributed by atoms with van der Waals surface area (Å²) in [6, 6.07) is 45.6. The van der Waals surface area contributed by atoms with E-state index in [1.54, 1.807) is 0 Å². The fourth-order valence-electron chi connectivity index (χ4n) is 6.58. The van der Waals surface area contributed by atoms with Gasteiger partial charge in [-0.25, -0.2) is 4.79 Å². The van der Waals surface area contributed by atoms with Crippen molar-refractivity contribution in [3.8, 4) is 11.1 Å². The molecule has 50 heavy (non-hydrogen) atoms. The molecule has 3 N–H and O–H groups in total. The molecule has 7 heteroatoms. The van der Waals surface area contributed by atoms with Gasteiger partial charge in [0.2, 0.25) is 0 Å². The number of benzene rings is 5. The van der Waals surface area contributed by atoms with Crippen molar-refractivity contribution in [1.82, 2.24) is 15.5 Å². The maximum Gasteiger partial charge on any atom is 0.315 e. The van der Waals surface area contributed by atoms with E-state index in [2.05, 4.69) is 126 Å². The van der Waals surface area contributed by atoms with E-state index >= 15 is 0 Å². The summed E-state index contributed by atoms with van der Waals surface area (Å²) in [5.41, 5.74) is 8.50. The third-order valence-electron chi connectivity index (χ3n) is 9.27. The number of hydrogen-bond acceptors (Lipinski definition) is 5. The Morgan fingerprint density at radius 3 is 1.94 bits per heavy atom. The molecule has 1 aliphatic heterocycles. The van der Waals surface area contributed by atoms with Crippen LogP contribution >= 0.6 is 0 Å². The van der Waals surface area contributed by atoms with Crippen LogP contribution in [-0.4, -0.2) is 35.2 Å². The SMILES string of the molecule is CCNC(=O)NCc1cccc(-c2cccc(C3OC(CN(Cc4ccccc4)Cc4ccccc4)C(C)C(c4ccc(CO)cc4)O3)c2)c1. The van der Waals surface area contributed by atoms with Crippen LogP contribution < -0.4 is 10.6 Å². The molecule has 1 fully saturated rings. The van der Waals surface area contributed by atoms with Crippen molar-refractivity contribution >= 4 is 6.03 Å². The number of carbonyl (C=O) groups is 1.